The summed E-state index contributed by atoms with van der Waals surface area (Å²) in [4.78, 5) is 4.27. The summed E-state index contributed by atoms with van der Waals surface area (Å²) in [5, 5.41) is 0. The number of nitrogens with zero attached hydrogens (tertiary/aromatic N) is 2. The molecule has 0 aliphatic heterocycles. The lowest BCUT2D eigenvalue weighted by Gasteiger charge is -2.12. The lowest BCUT2D eigenvalue weighted by Crippen LogP contribution is -2.01. The van der Waals surface area contributed by atoms with Gasteiger partial charge in [0.1, 0.15) is 5.75 Å². The monoisotopic (exact) mass is 368 g/mol. The molecule has 28 heavy (non-hydrogen) atoms. The van der Waals surface area contributed by atoms with Crippen LogP contribution in [0.25, 0.3) is 11.1 Å². The van der Waals surface area contributed by atoms with Gasteiger partial charge in [0.2, 0.25) is 5.88 Å². The van der Waals surface area contributed by atoms with Crippen molar-refractivity contribution >= 4 is 0 Å². The summed E-state index contributed by atoms with van der Waals surface area (Å²) in [6, 6.07) is 23.3. The maximum absolute atomic E-state index is 6.14. The average molecular weight is 368 g/mol. The minimum atomic E-state index is 0.732. The second kappa shape index (κ2) is 7.73. The van der Waals surface area contributed by atoms with E-state index < -0.39 is 0 Å². The molecule has 140 valence electrons. The Balaban J connectivity index is 1.55. The summed E-state index contributed by atoms with van der Waals surface area (Å²) >= 11 is 0. The predicted molar refractivity (Wildman–Crippen MR) is 114 cm³/mol. The second-order valence-corrected chi connectivity index (χ2v) is 7.29. The molecule has 0 amide bonds. The van der Waals surface area contributed by atoms with Gasteiger partial charge in [-0.3, -0.25) is 4.57 Å². The van der Waals surface area contributed by atoms with Gasteiger partial charge < -0.3 is 4.74 Å². The third-order valence-corrected chi connectivity index (χ3v) is 4.90. The van der Waals surface area contributed by atoms with Crippen molar-refractivity contribution in [1.29, 1.82) is 0 Å². The van der Waals surface area contributed by atoms with Crippen LogP contribution >= 0.6 is 0 Å². The van der Waals surface area contributed by atoms with E-state index in [1.165, 1.54) is 33.4 Å². The molecule has 3 heteroatoms. The zero-order valence-electron chi connectivity index (χ0n) is 16.5. The van der Waals surface area contributed by atoms with E-state index >= 15 is 0 Å². The number of ether oxygens (including phenoxy) is 1. The number of hydrogen-bond donors (Lipinski definition) is 0. The van der Waals surface area contributed by atoms with Crippen LogP contribution in [0.2, 0.25) is 0 Å². The second-order valence-electron chi connectivity index (χ2n) is 7.29. The first kappa shape index (κ1) is 18.1. The lowest BCUT2D eigenvalue weighted by atomic mass is 9.99. The van der Waals surface area contributed by atoms with Crippen LogP contribution in [0, 0.1) is 20.8 Å². The maximum atomic E-state index is 6.14. The molecule has 0 fully saturated rings. The van der Waals surface area contributed by atoms with Gasteiger partial charge in [-0.2, -0.15) is 0 Å². The van der Waals surface area contributed by atoms with Crippen LogP contribution in [0.15, 0.2) is 79.3 Å². The molecular formula is C25H24N2O. The van der Waals surface area contributed by atoms with Crippen molar-refractivity contribution in [2.24, 2.45) is 0 Å². The number of benzene rings is 3. The molecular weight excluding hydrogens is 344 g/mol. The summed E-state index contributed by atoms with van der Waals surface area (Å²) in [7, 11) is 0. The zero-order valence-corrected chi connectivity index (χ0v) is 16.5. The molecule has 0 N–H and O–H groups in total. The van der Waals surface area contributed by atoms with Gasteiger partial charge in [0.25, 0.3) is 0 Å². The molecule has 0 atom stereocenters. The molecule has 1 aromatic heterocycles. The molecule has 0 unspecified atom stereocenters. The Morgan fingerprint density at radius 1 is 0.857 bits per heavy atom. The fraction of sp³-hybridized carbons (Fsp3) is 0.160. The van der Waals surface area contributed by atoms with Crippen molar-refractivity contribution in [3.8, 4) is 22.8 Å². The van der Waals surface area contributed by atoms with Crippen LogP contribution in [-0.4, -0.2) is 9.55 Å². The highest BCUT2D eigenvalue weighted by Crippen LogP contribution is 2.30. The third-order valence-electron chi connectivity index (χ3n) is 4.90. The smallest absolute Gasteiger partial charge is 0.219 e. The van der Waals surface area contributed by atoms with Crippen LogP contribution < -0.4 is 4.74 Å². The van der Waals surface area contributed by atoms with E-state index in [0.717, 1.165) is 18.2 Å². The molecule has 0 saturated heterocycles. The highest BCUT2D eigenvalue weighted by molar-refractivity contribution is 5.68. The normalized spacial score (nSPS) is 10.8. The van der Waals surface area contributed by atoms with Crippen molar-refractivity contribution in [1.82, 2.24) is 9.55 Å². The van der Waals surface area contributed by atoms with E-state index in [4.69, 9.17) is 4.74 Å². The summed E-state index contributed by atoms with van der Waals surface area (Å²) in [6.07, 6.45) is 3.57. The first-order chi connectivity index (χ1) is 13.6. The predicted octanol–water partition coefficient (Wildman–Crippen LogP) is 6.32. The van der Waals surface area contributed by atoms with Crippen LogP contribution in [0.4, 0.5) is 0 Å². The Bertz CT molecular complexity index is 1090. The van der Waals surface area contributed by atoms with Crippen molar-refractivity contribution in [2.75, 3.05) is 0 Å². The van der Waals surface area contributed by atoms with Gasteiger partial charge in [-0.05, 0) is 55.2 Å². The fourth-order valence-electron chi connectivity index (χ4n) is 3.36. The quantitative estimate of drug-likeness (QED) is 0.412. The molecule has 0 aliphatic carbocycles. The van der Waals surface area contributed by atoms with Crippen molar-refractivity contribution in [2.45, 2.75) is 27.3 Å². The molecule has 4 rings (SSSR count). The summed E-state index contributed by atoms with van der Waals surface area (Å²) in [5.41, 5.74) is 7.39. The van der Waals surface area contributed by atoms with Crippen molar-refractivity contribution < 1.29 is 4.74 Å². The molecule has 0 bridgehead atoms. The molecule has 4 aromatic rings. The van der Waals surface area contributed by atoms with E-state index in [1.807, 2.05) is 17.0 Å². The van der Waals surface area contributed by atoms with E-state index in [-0.39, 0.29) is 0 Å². The molecule has 1 heterocycles. The zero-order chi connectivity index (χ0) is 19.5. The van der Waals surface area contributed by atoms with Gasteiger partial charge >= 0.3 is 0 Å². The first-order valence-corrected chi connectivity index (χ1v) is 9.50. The van der Waals surface area contributed by atoms with E-state index in [0.29, 0.717) is 0 Å². The lowest BCUT2D eigenvalue weighted by molar-refractivity contribution is 0.436. The topological polar surface area (TPSA) is 27.1 Å². The van der Waals surface area contributed by atoms with Gasteiger partial charge in [-0.25, -0.2) is 4.98 Å². The number of rotatable bonds is 5. The van der Waals surface area contributed by atoms with Gasteiger partial charge in [0, 0.05) is 0 Å². The Morgan fingerprint density at radius 3 is 2.43 bits per heavy atom. The first-order valence-electron chi connectivity index (χ1n) is 9.50. The van der Waals surface area contributed by atoms with E-state index in [2.05, 4.69) is 86.4 Å². The molecule has 0 radical (unpaired) electrons. The SMILES string of the molecule is Cc1ccc(Cn2cncc2Oc2ccc(-c3cccc(C)c3)c(C)c2)cc1. The summed E-state index contributed by atoms with van der Waals surface area (Å²) < 4.78 is 8.16. The van der Waals surface area contributed by atoms with Crippen molar-refractivity contribution in [3.63, 3.8) is 0 Å². The van der Waals surface area contributed by atoms with Crippen molar-refractivity contribution in [3.05, 3.63) is 102 Å². The van der Waals surface area contributed by atoms with E-state index in [1.54, 1.807) is 6.20 Å². The number of hydrogen-bond acceptors (Lipinski definition) is 2. The highest BCUT2D eigenvalue weighted by Gasteiger charge is 2.08. The Kier molecular flexibility index (Phi) is 4.98. The fourth-order valence-corrected chi connectivity index (χ4v) is 3.36. The van der Waals surface area contributed by atoms with Crippen LogP contribution in [0.3, 0.4) is 0 Å². The minimum Gasteiger partial charge on any atom is -0.439 e. The molecule has 3 aromatic carbocycles. The van der Waals surface area contributed by atoms with Crippen LogP contribution in [0.5, 0.6) is 11.6 Å². The van der Waals surface area contributed by atoms with Gasteiger partial charge in [0.05, 0.1) is 19.1 Å². The maximum Gasteiger partial charge on any atom is 0.219 e. The average Bonchev–Trinajstić information content (AvgIpc) is 3.10. The van der Waals surface area contributed by atoms with Gasteiger partial charge in [-0.1, -0.05) is 65.7 Å². The Labute approximate surface area is 166 Å². The Morgan fingerprint density at radius 2 is 1.68 bits per heavy atom. The molecule has 0 saturated carbocycles. The standard InChI is InChI=1S/C25H24N2O/c1-18-7-9-21(10-8-18)16-27-17-26-15-25(27)28-23-11-12-24(20(3)14-23)22-6-4-5-19(2)13-22/h4-15,17H,16H2,1-3H3. The Hall–Kier alpha value is -3.33. The molecule has 3 nitrogen and oxygen atoms in total. The number of aryl methyl sites for hydroxylation is 3. The van der Waals surface area contributed by atoms with Gasteiger partial charge in [-0.15, -0.1) is 0 Å². The van der Waals surface area contributed by atoms with Crippen LogP contribution in [-0.2, 0) is 6.54 Å². The summed E-state index contributed by atoms with van der Waals surface area (Å²) in [5.74, 6) is 1.56. The third kappa shape index (κ3) is 3.99. The van der Waals surface area contributed by atoms with Crippen LogP contribution in [0.1, 0.15) is 22.3 Å². The van der Waals surface area contributed by atoms with Gasteiger partial charge in [0.15, 0.2) is 0 Å². The molecule has 0 spiro atoms. The summed E-state index contributed by atoms with van der Waals surface area (Å²) in [6.45, 7) is 7.06. The number of imidazole rings is 1. The minimum absolute atomic E-state index is 0.732. The largest absolute Gasteiger partial charge is 0.439 e. The van der Waals surface area contributed by atoms with E-state index in [9.17, 15) is 0 Å². The highest BCUT2D eigenvalue weighted by atomic mass is 16.5. The molecule has 0 aliphatic rings. The number of aromatic nitrogens is 2.